The average Bonchev–Trinajstić information content (AvgIpc) is 2.74. The van der Waals surface area contributed by atoms with Gasteiger partial charge < -0.3 is 4.74 Å². The molecule has 0 aromatic heterocycles. The van der Waals surface area contributed by atoms with Crippen molar-refractivity contribution in [2.75, 3.05) is 6.61 Å². The molecule has 0 heterocycles. The SMILES string of the molecule is N#Cc1ccc(-c2ccc(OCC(=O)N/N=C/c3ccc(Cl)cc3Cl)cc2)cc1. The van der Waals surface area contributed by atoms with E-state index in [9.17, 15) is 4.79 Å². The molecule has 7 heteroatoms. The highest BCUT2D eigenvalue weighted by atomic mass is 35.5. The molecule has 3 rings (SSSR count). The van der Waals surface area contributed by atoms with E-state index in [0.717, 1.165) is 11.1 Å². The van der Waals surface area contributed by atoms with Crippen molar-refractivity contribution in [2.24, 2.45) is 5.10 Å². The molecule has 1 N–H and O–H groups in total. The smallest absolute Gasteiger partial charge is 0.277 e. The Hall–Kier alpha value is -3.33. The summed E-state index contributed by atoms with van der Waals surface area (Å²) in [5.74, 6) is 0.157. The normalized spacial score (nSPS) is 10.5. The van der Waals surface area contributed by atoms with Crippen LogP contribution in [0.1, 0.15) is 11.1 Å². The molecular formula is C22H15Cl2N3O2. The first kappa shape index (κ1) is 20.4. The minimum absolute atomic E-state index is 0.179. The fraction of sp³-hybridized carbons (Fsp3) is 0.0455. The van der Waals surface area contributed by atoms with Gasteiger partial charge >= 0.3 is 0 Å². The standard InChI is InChI=1S/C22H15Cl2N3O2/c23-19-8-5-18(21(24)11-19)13-26-27-22(28)14-29-20-9-6-17(7-10-20)16-3-1-15(12-25)2-4-16/h1-11,13H,14H2,(H,27,28)/b26-13+. The zero-order valence-corrected chi connectivity index (χ0v) is 16.6. The van der Waals surface area contributed by atoms with Gasteiger partial charge in [0.2, 0.25) is 0 Å². The Bertz CT molecular complexity index is 1070. The summed E-state index contributed by atoms with van der Waals surface area (Å²) in [6.07, 6.45) is 1.43. The van der Waals surface area contributed by atoms with E-state index in [0.29, 0.717) is 26.9 Å². The number of ether oxygens (including phenoxy) is 1. The van der Waals surface area contributed by atoms with Crippen molar-refractivity contribution in [3.05, 3.63) is 87.9 Å². The van der Waals surface area contributed by atoms with Crippen molar-refractivity contribution in [2.45, 2.75) is 0 Å². The molecule has 5 nitrogen and oxygen atoms in total. The van der Waals surface area contributed by atoms with Crippen LogP contribution in [-0.2, 0) is 4.79 Å². The third-order valence-corrected chi connectivity index (χ3v) is 4.49. The Balaban J connectivity index is 1.51. The topological polar surface area (TPSA) is 74.5 Å². The molecule has 144 valence electrons. The molecule has 0 saturated heterocycles. The Morgan fingerprint density at radius 2 is 1.69 bits per heavy atom. The van der Waals surface area contributed by atoms with E-state index in [1.807, 2.05) is 24.3 Å². The number of amides is 1. The van der Waals surface area contributed by atoms with Crippen LogP contribution in [0.25, 0.3) is 11.1 Å². The van der Waals surface area contributed by atoms with Gasteiger partial charge in [0.15, 0.2) is 6.61 Å². The minimum atomic E-state index is -0.400. The number of nitrogens with zero attached hydrogens (tertiary/aromatic N) is 2. The summed E-state index contributed by atoms with van der Waals surface area (Å²) < 4.78 is 5.46. The maximum atomic E-state index is 11.9. The number of rotatable bonds is 6. The number of carbonyl (C=O) groups is 1. The van der Waals surface area contributed by atoms with Crippen molar-refractivity contribution in [1.82, 2.24) is 5.43 Å². The zero-order valence-electron chi connectivity index (χ0n) is 15.1. The lowest BCUT2D eigenvalue weighted by Gasteiger charge is -2.07. The molecule has 0 aliphatic rings. The van der Waals surface area contributed by atoms with Crippen molar-refractivity contribution in [1.29, 1.82) is 5.26 Å². The molecule has 0 bridgehead atoms. The van der Waals surface area contributed by atoms with Crippen LogP contribution in [-0.4, -0.2) is 18.7 Å². The quantitative estimate of drug-likeness (QED) is 0.444. The highest BCUT2D eigenvalue weighted by Gasteiger charge is 2.04. The molecule has 3 aromatic carbocycles. The lowest BCUT2D eigenvalue weighted by Crippen LogP contribution is -2.24. The molecule has 0 aliphatic carbocycles. The maximum absolute atomic E-state index is 11.9. The number of carbonyl (C=O) groups excluding carboxylic acids is 1. The fourth-order valence-corrected chi connectivity index (χ4v) is 2.90. The summed E-state index contributed by atoms with van der Waals surface area (Å²) in [7, 11) is 0. The Morgan fingerprint density at radius 3 is 2.31 bits per heavy atom. The van der Waals surface area contributed by atoms with Gasteiger partial charge in [-0.3, -0.25) is 4.79 Å². The predicted molar refractivity (Wildman–Crippen MR) is 114 cm³/mol. The highest BCUT2D eigenvalue weighted by molar-refractivity contribution is 6.36. The maximum Gasteiger partial charge on any atom is 0.277 e. The zero-order chi connectivity index (χ0) is 20.6. The van der Waals surface area contributed by atoms with Crippen molar-refractivity contribution >= 4 is 35.3 Å². The van der Waals surface area contributed by atoms with Crippen LogP contribution in [0.15, 0.2) is 71.8 Å². The van der Waals surface area contributed by atoms with Gasteiger partial charge in [0, 0.05) is 10.6 Å². The van der Waals surface area contributed by atoms with E-state index in [4.69, 9.17) is 33.2 Å². The number of hydrogen-bond acceptors (Lipinski definition) is 4. The summed E-state index contributed by atoms with van der Waals surface area (Å²) in [6.45, 7) is -0.179. The monoisotopic (exact) mass is 423 g/mol. The van der Waals surface area contributed by atoms with Crippen LogP contribution >= 0.6 is 23.2 Å². The number of hydrazone groups is 1. The van der Waals surface area contributed by atoms with Crippen LogP contribution in [0.4, 0.5) is 0 Å². The number of nitrogens with one attached hydrogen (secondary N) is 1. The molecule has 1 amide bonds. The van der Waals surface area contributed by atoms with Crippen LogP contribution < -0.4 is 10.2 Å². The second kappa shape index (κ2) is 9.74. The third kappa shape index (κ3) is 5.82. The second-order valence-corrected chi connectivity index (χ2v) is 6.80. The van der Waals surface area contributed by atoms with Crippen LogP contribution in [0.5, 0.6) is 5.75 Å². The number of hydrogen-bond donors (Lipinski definition) is 1. The van der Waals surface area contributed by atoms with Crippen molar-refractivity contribution in [3.8, 4) is 22.9 Å². The number of halogens is 2. The van der Waals surface area contributed by atoms with Gasteiger partial charge in [0.25, 0.3) is 5.91 Å². The molecule has 3 aromatic rings. The molecule has 0 aliphatic heterocycles. The third-order valence-electron chi connectivity index (χ3n) is 3.93. The summed E-state index contributed by atoms with van der Waals surface area (Å²) in [6, 6.07) is 21.7. The lowest BCUT2D eigenvalue weighted by atomic mass is 10.0. The summed E-state index contributed by atoms with van der Waals surface area (Å²) in [5.41, 5.74) is 5.60. The van der Waals surface area contributed by atoms with E-state index in [-0.39, 0.29) is 6.61 Å². The Labute approximate surface area is 178 Å². The van der Waals surface area contributed by atoms with Crippen LogP contribution in [0.3, 0.4) is 0 Å². The van der Waals surface area contributed by atoms with Gasteiger partial charge in [0.1, 0.15) is 5.75 Å². The largest absolute Gasteiger partial charge is 0.484 e. The first-order chi connectivity index (χ1) is 14.0. The van der Waals surface area contributed by atoms with E-state index in [2.05, 4.69) is 16.6 Å². The van der Waals surface area contributed by atoms with E-state index >= 15 is 0 Å². The van der Waals surface area contributed by atoms with Gasteiger partial charge in [-0.25, -0.2) is 5.43 Å². The van der Waals surface area contributed by atoms with Crippen molar-refractivity contribution < 1.29 is 9.53 Å². The Morgan fingerprint density at radius 1 is 1.03 bits per heavy atom. The van der Waals surface area contributed by atoms with E-state index in [1.165, 1.54) is 6.21 Å². The molecule has 0 saturated carbocycles. The van der Waals surface area contributed by atoms with E-state index in [1.54, 1.807) is 42.5 Å². The fourth-order valence-electron chi connectivity index (χ4n) is 2.44. The van der Waals surface area contributed by atoms with Crippen LogP contribution in [0, 0.1) is 11.3 Å². The van der Waals surface area contributed by atoms with Gasteiger partial charge in [-0.05, 0) is 47.5 Å². The molecule has 0 atom stereocenters. The van der Waals surface area contributed by atoms with Crippen molar-refractivity contribution in [3.63, 3.8) is 0 Å². The number of benzene rings is 3. The van der Waals surface area contributed by atoms with Gasteiger partial charge in [-0.1, -0.05) is 53.5 Å². The molecule has 0 fully saturated rings. The highest BCUT2D eigenvalue weighted by Crippen LogP contribution is 2.23. The van der Waals surface area contributed by atoms with Crippen LogP contribution in [0.2, 0.25) is 10.0 Å². The molecular weight excluding hydrogens is 409 g/mol. The first-order valence-corrected chi connectivity index (χ1v) is 9.31. The molecule has 29 heavy (non-hydrogen) atoms. The summed E-state index contributed by atoms with van der Waals surface area (Å²) in [5, 5.41) is 13.7. The Kier molecular flexibility index (Phi) is 6.85. The molecule has 0 unspecified atom stereocenters. The lowest BCUT2D eigenvalue weighted by molar-refractivity contribution is -0.123. The van der Waals surface area contributed by atoms with Gasteiger partial charge in [-0.15, -0.1) is 0 Å². The molecule has 0 spiro atoms. The minimum Gasteiger partial charge on any atom is -0.484 e. The first-order valence-electron chi connectivity index (χ1n) is 8.55. The predicted octanol–water partition coefficient (Wildman–Crippen LogP) is 5.06. The average molecular weight is 424 g/mol. The summed E-state index contributed by atoms with van der Waals surface area (Å²) in [4.78, 5) is 11.9. The van der Waals surface area contributed by atoms with Gasteiger partial charge in [0.05, 0.1) is 22.9 Å². The van der Waals surface area contributed by atoms with E-state index < -0.39 is 5.91 Å². The summed E-state index contributed by atoms with van der Waals surface area (Å²) >= 11 is 11.9. The van der Waals surface area contributed by atoms with Gasteiger partial charge in [-0.2, -0.15) is 10.4 Å². The molecule has 0 radical (unpaired) electrons. The second-order valence-electron chi connectivity index (χ2n) is 5.96. The number of nitriles is 1.